The third-order valence-electron chi connectivity index (χ3n) is 0.500. The smallest absolute Gasteiger partial charge is 0.517 e. The van der Waals surface area contributed by atoms with E-state index in [1.807, 2.05) is 0 Å². The molecule has 10 heteroatoms. The van der Waals surface area contributed by atoms with E-state index in [4.69, 9.17) is 0 Å². The van der Waals surface area contributed by atoms with Crippen molar-refractivity contribution < 1.29 is 31.0 Å². The van der Waals surface area contributed by atoms with Gasteiger partial charge in [-0.15, -0.1) is 0 Å². The molecule has 0 heterocycles. The zero-order valence-corrected chi connectivity index (χ0v) is 14.4. The van der Waals surface area contributed by atoms with Gasteiger partial charge in [-0.25, -0.2) is 0 Å². The number of ether oxygens (including phenoxy) is 3. The average Bonchev–Trinajstić information content (AvgIpc) is 2.19. The standard InChI is InChI=1S/3C2H4OS2.Co/c3*1-3-2(4)5;/h3*1H3,(H,4,5);/q;;;+3/p-3. The van der Waals surface area contributed by atoms with E-state index in [1.165, 1.54) is 21.3 Å². The molecule has 0 amide bonds. The summed E-state index contributed by atoms with van der Waals surface area (Å²) >= 11 is 25.7. The van der Waals surface area contributed by atoms with Crippen LogP contribution < -0.4 is 0 Å². The number of hydrogen-bond donors (Lipinski definition) is 0. The molecule has 0 aromatic rings. The molecule has 0 spiro atoms. The van der Waals surface area contributed by atoms with Crippen LogP contribution in [0.25, 0.3) is 0 Å². The van der Waals surface area contributed by atoms with Gasteiger partial charge in [0, 0.05) is 13.1 Å². The largest absolute Gasteiger partial charge is 3.00 e. The Labute approximate surface area is 139 Å². The molecule has 0 saturated heterocycles. The molecule has 0 unspecified atom stereocenters. The third kappa shape index (κ3) is 60.8. The second-order valence-corrected chi connectivity index (χ2v) is 4.36. The number of hydrogen-bond acceptors (Lipinski definition) is 9. The second kappa shape index (κ2) is 21.2. The number of rotatable bonds is 0. The molecule has 0 rings (SSSR count). The van der Waals surface area contributed by atoms with Crippen LogP contribution in [-0.2, 0) is 68.9 Å². The third-order valence-corrected chi connectivity index (χ3v) is 1.50. The molecule has 0 aliphatic carbocycles. The Kier molecular flexibility index (Phi) is 33.9. The number of thiocarbonyl (C=S) groups is 3. The van der Waals surface area contributed by atoms with Crippen molar-refractivity contribution in [2.24, 2.45) is 0 Å². The van der Waals surface area contributed by atoms with Crippen molar-refractivity contribution in [1.82, 2.24) is 0 Å². The molecule has 0 radical (unpaired) electrons. The van der Waals surface area contributed by atoms with Gasteiger partial charge in [0.1, 0.15) is 0 Å². The normalized spacial score (nSPS) is 6.19. The van der Waals surface area contributed by atoms with Crippen LogP contribution in [0.15, 0.2) is 0 Å². The van der Waals surface area contributed by atoms with E-state index >= 15 is 0 Å². The summed E-state index contributed by atoms with van der Waals surface area (Å²) in [5.74, 6) is 0. The summed E-state index contributed by atoms with van der Waals surface area (Å²) in [4.78, 5) is 0. The fourth-order valence-electron chi connectivity index (χ4n) is 0. The van der Waals surface area contributed by atoms with E-state index in [9.17, 15) is 0 Å². The Bertz CT molecular complexity index is 167. The Morgan fingerprint density at radius 2 is 0.750 bits per heavy atom. The first kappa shape index (κ1) is 25.6. The van der Waals surface area contributed by atoms with Crippen LogP contribution in [0.5, 0.6) is 0 Å². The van der Waals surface area contributed by atoms with Crippen molar-refractivity contribution >= 4 is 87.7 Å². The topological polar surface area (TPSA) is 27.7 Å². The van der Waals surface area contributed by atoms with Crippen LogP contribution in [0, 0.1) is 0 Å². The SMILES string of the molecule is COC(=S)[S-].COC(=S)[S-].COC(=S)[S-].[Co+3]. The van der Waals surface area contributed by atoms with Crippen molar-refractivity contribution in [2.75, 3.05) is 21.3 Å². The second-order valence-electron chi connectivity index (χ2n) is 1.36. The van der Waals surface area contributed by atoms with Gasteiger partial charge in [0.2, 0.25) is 0 Å². The van der Waals surface area contributed by atoms with Gasteiger partial charge in [0.25, 0.3) is 0 Å². The van der Waals surface area contributed by atoms with Crippen molar-refractivity contribution in [2.45, 2.75) is 0 Å². The molecule has 96 valence electrons. The molecule has 0 aliphatic rings. The number of methoxy groups -OCH3 is 3. The van der Waals surface area contributed by atoms with Crippen LogP contribution in [0.2, 0.25) is 0 Å². The van der Waals surface area contributed by atoms with Gasteiger partial charge in [-0.1, -0.05) is 0 Å². The maximum Gasteiger partial charge on any atom is 3.00 e. The van der Waals surface area contributed by atoms with Crippen molar-refractivity contribution in [3.63, 3.8) is 0 Å². The van der Waals surface area contributed by atoms with Crippen LogP contribution in [0.4, 0.5) is 0 Å². The Balaban J connectivity index is -0.0000000655. The van der Waals surface area contributed by atoms with E-state index in [1.54, 1.807) is 0 Å². The average molecular weight is 380 g/mol. The summed E-state index contributed by atoms with van der Waals surface area (Å²) in [5, 5.41) is 0. The molecule has 3 nitrogen and oxygen atoms in total. The van der Waals surface area contributed by atoms with Gasteiger partial charge >= 0.3 is 16.8 Å². The predicted octanol–water partition coefficient (Wildman–Crippen LogP) is 1.39. The zero-order valence-electron chi connectivity index (χ0n) is 8.51. The van der Waals surface area contributed by atoms with E-state index in [0.29, 0.717) is 0 Å². The fourth-order valence-corrected chi connectivity index (χ4v) is 0. The minimum atomic E-state index is 0. The maximum absolute atomic E-state index is 4.30. The molecular weight excluding hydrogens is 371 g/mol. The van der Waals surface area contributed by atoms with Gasteiger partial charge in [-0.3, -0.25) is 0 Å². The molecule has 16 heavy (non-hydrogen) atoms. The van der Waals surface area contributed by atoms with E-state index in [-0.39, 0.29) is 29.9 Å². The van der Waals surface area contributed by atoms with Gasteiger partial charge < -0.3 is 88.8 Å². The van der Waals surface area contributed by atoms with Crippen molar-refractivity contribution in [3.8, 4) is 0 Å². The zero-order chi connectivity index (χ0) is 12.9. The first-order valence-electron chi connectivity index (χ1n) is 3.06. The van der Waals surface area contributed by atoms with Gasteiger partial charge in [-0.05, 0) is 0 Å². The molecule has 0 atom stereocenters. The summed E-state index contributed by atoms with van der Waals surface area (Å²) in [6, 6.07) is 0. The van der Waals surface area contributed by atoms with Crippen LogP contribution in [0.3, 0.4) is 0 Å². The summed E-state index contributed by atoms with van der Waals surface area (Å²) in [5.41, 5.74) is 0. The Hall–Kier alpha value is 0.836. The predicted molar refractivity (Wildman–Crippen MR) is 80.9 cm³/mol. The molecule has 0 aromatic heterocycles. The van der Waals surface area contributed by atoms with Gasteiger partial charge in [0.05, 0.1) is 21.3 Å². The van der Waals surface area contributed by atoms with E-state index in [0.717, 1.165) is 0 Å². The van der Waals surface area contributed by atoms with Crippen LogP contribution in [0.1, 0.15) is 0 Å². The molecule has 0 aromatic carbocycles. The molecule has 0 N–H and O–H groups in total. The first-order valence-corrected chi connectivity index (χ1v) is 5.51. The van der Waals surface area contributed by atoms with E-state index in [2.05, 4.69) is 88.8 Å². The monoisotopic (exact) mass is 380 g/mol. The van der Waals surface area contributed by atoms with Crippen molar-refractivity contribution in [1.29, 1.82) is 0 Å². The molecule has 0 bridgehead atoms. The maximum atomic E-state index is 4.30. The molecule has 0 saturated carbocycles. The quantitative estimate of drug-likeness (QED) is 0.457. The first-order chi connectivity index (χ1) is 6.81. The Morgan fingerprint density at radius 1 is 0.688 bits per heavy atom. The fraction of sp³-hybridized carbons (Fsp3) is 0.500. The van der Waals surface area contributed by atoms with Crippen LogP contribution in [-0.4, -0.2) is 34.5 Å². The van der Waals surface area contributed by atoms with Gasteiger partial charge in [0.15, 0.2) is 0 Å². The molecule has 0 aliphatic heterocycles. The summed E-state index contributed by atoms with van der Waals surface area (Å²) in [6.07, 6.45) is 0. The molecule has 0 fully saturated rings. The van der Waals surface area contributed by atoms with E-state index < -0.39 is 0 Å². The molecular formula is C6H9CoO3S6. The van der Waals surface area contributed by atoms with Crippen molar-refractivity contribution in [3.05, 3.63) is 0 Å². The minimum Gasteiger partial charge on any atom is -0.517 e. The minimum absolute atomic E-state index is 0. The van der Waals surface area contributed by atoms with Crippen LogP contribution >= 0.6 is 36.7 Å². The Morgan fingerprint density at radius 3 is 0.750 bits per heavy atom. The summed E-state index contributed by atoms with van der Waals surface area (Å²) in [6.45, 7) is 0. The summed E-state index contributed by atoms with van der Waals surface area (Å²) in [7, 11) is 4.36. The van der Waals surface area contributed by atoms with Gasteiger partial charge in [-0.2, -0.15) is 0 Å². The summed E-state index contributed by atoms with van der Waals surface area (Å²) < 4.78 is 13.4.